The standard InChI is InChI=1S/C18H18ClN3O5S/c1-12(2)21-28(26,27)15-7-5-14(6-8-15)20-18(23)10-4-13-3-9-16(19)17(11-13)22(24)25/h3-12,21H,1-2H3,(H,20,23)/b10-4+. The number of halogens is 1. The molecule has 10 heteroatoms. The molecule has 0 heterocycles. The molecule has 0 radical (unpaired) electrons. The second-order valence-electron chi connectivity index (χ2n) is 6.09. The Labute approximate surface area is 167 Å². The molecule has 0 atom stereocenters. The molecule has 148 valence electrons. The van der Waals surface area contributed by atoms with E-state index in [9.17, 15) is 23.3 Å². The Balaban J connectivity index is 2.06. The van der Waals surface area contributed by atoms with Crippen molar-refractivity contribution >= 4 is 45.0 Å². The minimum Gasteiger partial charge on any atom is -0.323 e. The number of rotatable bonds is 7. The maximum atomic E-state index is 12.1. The van der Waals surface area contributed by atoms with Gasteiger partial charge in [-0.05, 0) is 55.8 Å². The van der Waals surface area contributed by atoms with E-state index < -0.39 is 20.9 Å². The van der Waals surface area contributed by atoms with Crippen LogP contribution in [-0.4, -0.2) is 25.3 Å². The van der Waals surface area contributed by atoms with Crippen molar-refractivity contribution in [2.24, 2.45) is 0 Å². The summed E-state index contributed by atoms with van der Waals surface area (Å²) in [5, 5.41) is 13.5. The molecule has 0 aliphatic rings. The van der Waals surface area contributed by atoms with E-state index in [-0.39, 0.29) is 21.6 Å². The van der Waals surface area contributed by atoms with E-state index in [1.54, 1.807) is 19.9 Å². The molecule has 0 aliphatic heterocycles. The molecule has 0 aliphatic carbocycles. The average Bonchev–Trinajstić information content (AvgIpc) is 2.60. The van der Waals surface area contributed by atoms with Crippen LogP contribution in [0.4, 0.5) is 11.4 Å². The quantitative estimate of drug-likeness (QED) is 0.400. The number of amides is 1. The summed E-state index contributed by atoms with van der Waals surface area (Å²) in [6, 6.07) is 9.63. The molecule has 0 saturated heterocycles. The zero-order valence-corrected chi connectivity index (χ0v) is 16.6. The highest BCUT2D eigenvalue weighted by Gasteiger charge is 2.15. The summed E-state index contributed by atoms with van der Waals surface area (Å²) in [5.74, 6) is -0.478. The zero-order chi connectivity index (χ0) is 20.9. The van der Waals surface area contributed by atoms with Gasteiger partial charge in [-0.1, -0.05) is 17.7 Å². The van der Waals surface area contributed by atoms with Crippen molar-refractivity contribution in [1.29, 1.82) is 0 Å². The molecule has 1 amide bonds. The van der Waals surface area contributed by atoms with Gasteiger partial charge in [0.25, 0.3) is 5.69 Å². The van der Waals surface area contributed by atoms with Gasteiger partial charge in [0.1, 0.15) is 5.02 Å². The Morgan fingerprint density at radius 2 is 1.82 bits per heavy atom. The second kappa shape index (κ2) is 8.96. The van der Waals surface area contributed by atoms with E-state index in [0.29, 0.717) is 11.3 Å². The lowest BCUT2D eigenvalue weighted by atomic mass is 10.2. The van der Waals surface area contributed by atoms with Crippen molar-refractivity contribution in [2.45, 2.75) is 24.8 Å². The number of nitrogens with zero attached hydrogens (tertiary/aromatic N) is 1. The summed E-state index contributed by atoms with van der Waals surface area (Å²) in [6.07, 6.45) is 2.61. The topological polar surface area (TPSA) is 118 Å². The Kier molecular flexibility index (Phi) is 6.90. The zero-order valence-electron chi connectivity index (χ0n) is 15.0. The predicted molar refractivity (Wildman–Crippen MR) is 108 cm³/mol. The molecule has 0 unspecified atom stereocenters. The highest BCUT2D eigenvalue weighted by atomic mass is 35.5. The van der Waals surface area contributed by atoms with E-state index in [2.05, 4.69) is 10.0 Å². The molecule has 0 spiro atoms. The van der Waals surface area contributed by atoms with Crippen molar-refractivity contribution in [3.63, 3.8) is 0 Å². The van der Waals surface area contributed by atoms with Crippen LogP contribution in [0, 0.1) is 10.1 Å². The number of benzene rings is 2. The first kappa shape index (κ1) is 21.5. The van der Waals surface area contributed by atoms with Gasteiger partial charge in [-0.25, -0.2) is 13.1 Å². The number of nitrogens with one attached hydrogen (secondary N) is 2. The van der Waals surface area contributed by atoms with Crippen LogP contribution in [0.2, 0.25) is 5.02 Å². The van der Waals surface area contributed by atoms with Crippen molar-refractivity contribution < 1.29 is 18.1 Å². The molecule has 0 saturated carbocycles. The molecule has 2 rings (SSSR count). The molecular formula is C18H18ClN3O5S. The van der Waals surface area contributed by atoms with Gasteiger partial charge in [-0.2, -0.15) is 0 Å². The molecule has 28 heavy (non-hydrogen) atoms. The lowest BCUT2D eigenvalue weighted by Crippen LogP contribution is -2.30. The Morgan fingerprint density at radius 1 is 1.18 bits per heavy atom. The van der Waals surface area contributed by atoms with Gasteiger partial charge in [0.05, 0.1) is 9.82 Å². The van der Waals surface area contributed by atoms with Crippen LogP contribution in [0.25, 0.3) is 6.08 Å². The smallest absolute Gasteiger partial charge is 0.288 e. The molecule has 0 bridgehead atoms. The fourth-order valence-corrected chi connectivity index (χ4v) is 3.66. The van der Waals surface area contributed by atoms with Crippen molar-refractivity contribution in [3.05, 3.63) is 69.2 Å². The third-order valence-electron chi connectivity index (χ3n) is 3.42. The number of hydrogen-bond donors (Lipinski definition) is 2. The van der Waals surface area contributed by atoms with Gasteiger partial charge in [0.2, 0.25) is 15.9 Å². The number of sulfonamides is 1. The summed E-state index contributed by atoms with van der Waals surface area (Å²) in [7, 11) is -3.61. The van der Waals surface area contributed by atoms with Crippen LogP contribution < -0.4 is 10.0 Å². The first-order chi connectivity index (χ1) is 13.1. The first-order valence-corrected chi connectivity index (χ1v) is 10.00. The van der Waals surface area contributed by atoms with E-state index >= 15 is 0 Å². The van der Waals surface area contributed by atoms with Gasteiger partial charge < -0.3 is 5.32 Å². The van der Waals surface area contributed by atoms with Crippen molar-refractivity contribution in [3.8, 4) is 0 Å². The van der Waals surface area contributed by atoms with Crippen LogP contribution in [0.15, 0.2) is 53.4 Å². The highest BCUT2D eigenvalue weighted by molar-refractivity contribution is 7.89. The summed E-state index contributed by atoms with van der Waals surface area (Å²) >= 11 is 5.74. The Morgan fingerprint density at radius 3 is 2.39 bits per heavy atom. The molecule has 2 aromatic rings. The molecule has 2 aromatic carbocycles. The summed E-state index contributed by atoms with van der Waals surface area (Å²) < 4.78 is 26.6. The minimum absolute atomic E-state index is 0.00796. The number of hydrogen-bond acceptors (Lipinski definition) is 5. The molecule has 0 aromatic heterocycles. The lowest BCUT2D eigenvalue weighted by molar-refractivity contribution is -0.384. The third kappa shape index (κ3) is 5.88. The SMILES string of the molecule is CC(C)NS(=O)(=O)c1ccc(NC(=O)/C=C/c2ccc(Cl)c([N+](=O)[O-])c2)cc1. The largest absolute Gasteiger partial charge is 0.323 e. The summed E-state index contributed by atoms with van der Waals surface area (Å²) in [5.41, 5.74) is 0.587. The van der Waals surface area contributed by atoms with E-state index in [0.717, 1.165) is 0 Å². The van der Waals surface area contributed by atoms with Gasteiger partial charge in [-0.15, -0.1) is 0 Å². The third-order valence-corrected chi connectivity index (χ3v) is 5.41. The maximum Gasteiger partial charge on any atom is 0.288 e. The second-order valence-corrected chi connectivity index (χ2v) is 8.21. The maximum absolute atomic E-state index is 12.1. The Bertz CT molecular complexity index is 1020. The fourth-order valence-electron chi connectivity index (χ4n) is 2.22. The van der Waals surface area contributed by atoms with Crippen LogP contribution >= 0.6 is 11.6 Å². The normalized spacial score (nSPS) is 11.7. The number of nitro benzene ring substituents is 1. The first-order valence-electron chi connectivity index (χ1n) is 8.14. The molecule has 0 fully saturated rings. The van der Waals surface area contributed by atoms with Crippen LogP contribution in [0.3, 0.4) is 0 Å². The van der Waals surface area contributed by atoms with Crippen LogP contribution in [0.5, 0.6) is 0 Å². The highest BCUT2D eigenvalue weighted by Crippen LogP contribution is 2.25. The van der Waals surface area contributed by atoms with Crippen LogP contribution in [0.1, 0.15) is 19.4 Å². The van der Waals surface area contributed by atoms with Gasteiger partial charge >= 0.3 is 0 Å². The lowest BCUT2D eigenvalue weighted by Gasteiger charge is -2.10. The monoisotopic (exact) mass is 423 g/mol. The Hall–Kier alpha value is -2.75. The molecule has 8 nitrogen and oxygen atoms in total. The van der Waals surface area contributed by atoms with E-state index in [1.807, 2.05) is 0 Å². The number of nitro groups is 1. The van der Waals surface area contributed by atoms with Gasteiger partial charge in [-0.3, -0.25) is 14.9 Å². The number of carbonyl (C=O) groups excluding carboxylic acids is 1. The van der Waals surface area contributed by atoms with Crippen LogP contribution in [-0.2, 0) is 14.8 Å². The van der Waals surface area contributed by atoms with Crippen molar-refractivity contribution in [1.82, 2.24) is 4.72 Å². The number of carbonyl (C=O) groups is 1. The minimum atomic E-state index is -3.61. The summed E-state index contributed by atoms with van der Waals surface area (Å²) in [4.78, 5) is 22.4. The average molecular weight is 424 g/mol. The fraction of sp³-hybridized carbons (Fsp3) is 0.167. The van der Waals surface area contributed by atoms with Crippen molar-refractivity contribution in [2.75, 3.05) is 5.32 Å². The van der Waals surface area contributed by atoms with E-state index in [4.69, 9.17) is 11.6 Å². The number of anilines is 1. The van der Waals surface area contributed by atoms with Gasteiger partial charge in [0.15, 0.2) is 0 Å². The molecular weight excluding hydrogens is 406 g/mol. The molecule has 2 N–H and O–H groups in total. The summed E-state index contributed by atoms with van der Waals surface area (Å²) in [6.45, 7) is 3.43. The van der Waals surface area contributed by atoms with Gasteiger partial charge in [0, 0.05) is 23.9 Å². The predicted octanol–water partition coefficient (Wildman–Crippen LogP) is 3.59. The van der Waals surface area contributed by atoms with E-state index in [1.165, 1.54) is 48.6 Å².